The lowest BCUT2D eigenvalue weighted by atomic mass is 9.77. The number of halogens is 2. The number of nitrogens with one attached hydrogen (secondary N) is 1. The minimum Gasteiger partial charge on any atom is -0.444 e. The molecule has 2 aliphatic rings. The molecule has 1 heterocycles. The molecule has 1 aromatic carbocycles. The molecule has 2 atom stereocenters. The van der Waals surface area contributed by atoms with Gasteiger partial charge in [-0.05, 0) is 30.5 Å². The second-order valence-corrected chi connectivity index (χ2v) is 10.3. The lowest BCUT2D eigenvalue weighted by Crippen LogP contribution is -2.51. The van der Waals surface area contributed by atoms with Crippen LogP contribution in [0, 0.1) is 0 Å². The number of ether oxygens (including phenoxy) is 1. The second-order valence-electron chi connectivity index (χ2n) is 7.82. The average Bonchev–Trinajstić information content (AvgIpc) is 2.98. The Balaban J connectivity index is 1.71. The van der Waals surface area contributed by atoms with Gasteiger partial charge < -0.3 is 4.74 Å². The molecule has 0 aromatic heterocycles. The van der Waals surface area contributed by atoms with Crippen molar-refractivity contribution in [2.75, 3.05) is 17.7 Å². The molecule has 160 valence electrons. The third-order valence-electron chi connectivity index (χ3n) is 5.66. The molecule has 2 fully saturated rings. The number of nitrogens with zero attached hydrogens (tertiary/aromatic N) is 1. The van der Waals surface area contributed by atoms with E-state index >= 15 is 0 Å². The minimum atomic E-state index is -3.93. The Bertz CT molecular complexity index is 913. The molecule has 8 nitrogen and oxygen atoms in total. The van der Waals surface area contributed by atoms with E-state index in [1.165, 1.54) is 10.4 Å². The van der Waals surface area contributed by atoms with Gasteiger partial charge in [-0.15, -0.1) is 0 Å². The third kappa shape index (κ3) is 4.06. The molecule has 1 aliphatic heterocycles. The quantitative estimate of drug-likeness (QED) is 0.527. The van der Waals surface area contributed by atoms with E-state index in [9.17, 15) is 26.8 Å². The zero-order valence-corrected chi connectivity index (χ0v) is 16.7. The fraction of sp³-hybridized carbons (Fsp3) is 0.556. The molecule has 29 heavy (non-hydrogen) atoms. The van der Waals surface area contributed by atoms with E-state index in [-0.39, 0.29) is 31.7 Å². The van der Waals surface area contributed by atoms with Crippen LogP contribution in [0.25, 0.3) is 0 Å². The van der Waals surface area contributed by atoms with Crippen molar-refractivity contribution < 1.29 is 36.7 Å². The number of alkyl halides is 2. The number of hydrogen-bond donors (Lipinski definition) is 2. The van der Waals surface area contributed by atoms with Crippen LogP contribution in [0.4, 0.5) is 19.3 Å². The molecule has 0 bridgehead atoms. The zero-order valence-electron chi connectivity index (χ0n) is 15.9. The highest BCUT2D eigenvalue weighted by molar-refractivity contribution is 7.92. The largest absolute Gasteiger partial charge is 0.444 e. The zero-order chi connectivity index (χ0) is 21.6. The topological polar surface area (TPSA) is 113 Å². The number of carbonyl (C=O) groups is 2. The number of hydroxylamine groups is 1. The number of amides is 2. The summed E-state index contributed by atoms with van der Waals surface area (Å²) in [5.74, 6) is -3.96. The molecular formula is C18H22F2N2O6S. The fourth-order valence-corrected chi connectivity index (χ4v) is 4.50. The van der Waals surface area contributed by atoms with Crippen LogP contribution in [-0.2, 0) is 19.4 Å². The first-order valence-corrected chi connectivity index (χ1v) is 10.9. The van der Waals surface area contributed by atoms with Crippen LogP contribution in [0.5, 0.6) is 0 Å². The van der Waals surface area contributed by atoms with E-state index in [0.29, 0.717) is 5.69 Å². The lowest BCUT2D eigenvalue weighted by molar-refractivity contribution is -0.132. The SMILES string of the molecule is CC(CC1CN(c2ccc(C3CC(F)(F)C3)cc2)C(=O)O1)(C(=O)NO)S(C)(=O)=O. The summed E-state index contributed by atoms with van der Waals surface area (Å²) in [5.41, 5.74) is 2.58. The van der Waals surface area contributed by atoms with Crippen LogP contribution >= 0.6 is 0 Å². The van der Waals surface area contributed by atoms with Gasteiger partial charge in [-0.2, -0.15) is 0 Å². The van der Waals surface area contributed by atoms with E-state index < -0.39 is 38.6 Å². The van der Waals surface area contributed by atoms with Crippen molar-refractivity contribution in [2.24, 2.45) is 0 Å². The molecule has 3 rings (SSSR count). The highest BCUT2D eigenvalue weighted by atomic mass is 32.2. The molecule has 2 amide bonds. The van der Waals surface area contributed by atoms with Crippen LogP contribution < -0.4 is 10.4 Å². The Kier molecular flexibility index (Phi) is 5.33. The molecular weight excluding hydrogens is 410 g/mol. The van der Waals surface area contributed by atoms with Gasteiger partial charge in [0.15, 0.2) is 14.6 Å². The number of carbonyl (C=O) groups excluding carboxylic acids is 2. The Morgan fingerprint density at radius 3 is 2.41 bits per heavy atom. The summed E-state index contributed by atoms with van der Waals surface area (Å²) >= 11 is 0. The molecule has 2 N–H and O–H groups in total. The number of anilines is 1. The monoisotopic (exact) mass is 432 g/mol. The smallest absolute Gasteiger partial charge is 0.414 e. The van der Waals surface area contributed by atoms with Crippen LogP contribution in [0.3, 0.4) is 0 Å². The maximum absolute atomic E-state index is 13.0. The number of rotatable bonds is 6. The summed E-state index contributed by atoms with van der Waals surface area (Å²) in [6.07, 6.45) is -1.48. The van der Waals surface area contributed by atoms with Crippen molar-refractivity contribution in [1.29, 1.82) is 0 Å². The van der Waals surface area contributed by atoms with Crippen molar-refractivity contribution in [2.45, 2.75) is 48.9 Å². The summed E-state index contributed by atoms with van der Waals surface area (Å²) in [7, 11) is -3.93. The van der Waals surface area contributed by atoms with Gasteiger partial charge >= 0.3 is 6.09 Å². The Morgan fingerprint density at radius 1 is 1.34 bits per heavy atom. The molecule has 0 spiro atoms. The van der Waals surface area contributed by atoms with Gasteiger partial charge in [0.1, 0.15) is 6.10 Å². The summed E-state index contributed by atoms with van der Waals surface area (Å²) < 4.78 is 53.5. The molecule has 1 aromatic rings. The van der Waals surface area contributed by atoms with Crippen molar-refractivity contribution in [3.8, 4) is 0 Å². The Labute approximate surface area is 166 Å². The normalized spacial score (nSPS) is 23.8. The highest BCUT2D eigenvalue weighted by Gasteiger charge is 2.49. The highest BCUT2D eigenvalue weighted by Crippen LogP contribution is 2.48. The minimum absolute atomic E-state index is 0.00347. The van der Waals surface area contributed by atoms with Gasteiger partial charge in [-0.3, -0.25) is 14.9 Å². The molecule has 1 aliphatic carbocycles. The van der Waals surface area contributed by atoms with Crippen molar-refractivity contribution in [1.82, 2.24) is 5.48 Å². The van der Waals surface area contributed by atoms with Crippen molar-refractivity contribution in [3.63, 3.8) is 0 Å². The predicted octanol–water partition coefficient (Wildman–Crippen LogP) is 2.22. The van der Waals surface area contributed by atoms with E-state index in [0.717, 1.165) is 18.7 Å². The van der Waals surface area contributed by atoms with E-state index in [1.54, 1.807) is 24.3 Å². The molecule has 1 saturated carbocycles. The predicted molar refractivity (Wildman–Crippen MR) is 98.8 cm³/mol. The lowest BCUT2D eigenvalue weighted by Gasteiger charge is -2.35. The van der Waals surface area contributed by atoms with Gasteiger partial charge in [-0.1, -0.05) is 12.1 Å². The van der Waals surface area contributed by atoms with Crippen LogP contribution in [-0.4, -0.2) is 55.2 Å². The van der Waals surface area contributed by atoms with Crippen LogP contribution in [0.15, 0.2) is 24.3 Å². The second kappa shape index (κ2) is 7.21. The van der Waals surface area contributed by atoms with Gasteiger partial charge in [0.25, 0.3) is 5.91 Å². The first-order chi connectivity index (χ1) is 13.4. The van der Waals surface area contributed by atoms with Crippen LogP contribution in [0.2, 0.25) is 0 Å². The van der Waals surface area contributed by atoms with Crippen molar-refractivity contribution in [3.05, 3.63) is 29.8 Å². The average molecular weight is 432 g/mol. The maximum Gasteiger partial charge on any atom is 0.414 e. The number of sulfone groups is 1. The standard InChI is InChI=1S/C18H22F2N2O6S/c1-17(15(23)21-25,29(2,26)27)9-14-10-22(16(24)28-14)13-5-3-11(4-6-13)12-7-18(19,20)8-12/h3-6,12,14,25H,7-10H2,1-2H3,(H,21,23). The Hall–Kier alpha value is -2.27. The van der Waals surface area contributed by atoms with Gasteiger partial charge in [0.05, 0.1) is 6.54 Å². The summed E-state index contributed by atoms with van der Waals surface area (Å²) in [4.78, 5) is 25.5. The van der Waals surface area contributed by atoms with Gasteiger partial charge in [0.2, 0.25) is 5.92 Å². The van der Waals surface area contributed by atoms with E-state index in [2.05, 4.69) is 0 Å². The van der Waals surface area contributed by atoms with Gasteiger partial charge in [-0.25, -0.2) is 27.5 Å². The molecule has 2 unspecified atom stereocenters. The van der Waals surface area contributed by atoms with E-state index in [1.807, 2.05) is 0 Å². The first kappa shape index (κ1) is 21.4. The van der Waals surface area contributed by atoms with E-state index in [4.69, 9.17) is 9.94 Å². The molecule has 0 radical (unpaired) electrons. The third-order valence-corrected chi connectivity index (χ3v) is 7.65. The summed E-state index contributed by atoms with van der Waals surface area (Å²) in [5, 5.41) is 8.89. The molecule has 1 saturated heterocycles. The summed E-state index contributed by atoms with van der Waals surface area (Å²) in [6, 6.07) is 6.59. The van der Waals surface area contributed by atoms with Crippen molar-refractivity contribution >= 4 is 27.5 Å². The molecule has 11 heteroatoms. The number of hydrogen-bond acceptors (Lipinski definition) is 6. The number of benzene rings is 1. The maximum atomic E-state index is 13.0. The summed E-state index contributed by atoms with van der Waals surface area (Å²) in [6.45, 7) is 1.15. The van der Waals surface area contributed by atoms with Gasteiger partial charge in [0, 0.05) is 31.2 Å². The Morgan fingerprint density at radius 2 is 1.93 bits per heavy atom. The number of cyclic esters (lactones) is 1. The fourth-order valence-electron chi connectivity index (χ4n) is 3.63. The van der Waals surface area contributed by atoms with Crippen LogP contribution in [0.1, 0.15) is 37.7 Å². The first-order valence-electron chi connectivity index (χ1n) is 8.96.